The zero-order chi connectivity index (χ0) is 18.8. The van der Waals surface area contributed by atoms with Crippen LogP contribution in [0.25, 0.3) is 0 Å². The van der Waals surface area contributed by atoms with Crippen LogP contribution in [0, 0.1) is 5.92 Å². The van der Waals surface area contributed by atoms with Gasteiger partial charge in [0, 0.05) is 26.2 Å². The summed E-state index contributed by atoms with van der Waals surface area (Å²) in [5.74, 6) is -0.132. The van der Waals surface area contributed by atoms with E-state index in [1.165, 1.54) is 32.1 Å². The standard InChI is InChI=1S/C21H28N2O4/c24-20-14-27-19-13-22(10-16-6-8-17(9-7-16)21(25)26)12-18(19)23(20)11-15-4-2-1-3-5-15/h6-9,15,18-19H,1-5,10-14H2,(H,25,26)/t18-,19+/m1/s1. The highest BCUT2D eigenvalue weighted by Gasteiger charge is 2.43. The van der Waals surface area contributed by atoms with Crippen LogP contribution in [0.2, 0.25) is 0 Å². The minimum atomic E-state index is -0.904. The largest absolute Gasteiger partial charge is 0.478 e. The van der Waals surface area contributed by atoms with Crippen LogP contribution in [0.15, 0.2) is 24.3 Å². The van der Waals surface area contributed by atoms with Gasteiger partial charge in [-0.2, -0.15) is 0 Å². The molecular weight excluding hydrogens is 344 g/mol. The van der Waals surface area contributed by atoms with Crippen LogP contribution >= 0.6 is 0 Å². The fourth-order valence-electron chi connectivity index (χ4n) is 4.77. The number of rotatable bonds is 5. The van der Waals surface area contributed by atoms with Crippen LogP contribution in [0.4, 0.5) is 0 Å². The third-order valence-corrected chi connectivity index (χ3v) is 6.24. The van der Waals surface area contributed by atoms with Crippen molar-refractivity contribution in [2.75, 3.05) is 26.2 Å². The third-order valence-electron chi connectivity index (χ3n) is 6.24. The van der Waals surface area contributed by atoms with Crippen molar-refractivity contribution < 1.29 is 19.4 Å². The molecule has 1 amide bonds. The zero-order valence-corrected chi connectivity index (χ0v) is 15.7. The lowest BCUT2D eigenvalue weighted by Gasteiger charge is -2.39. The molecule has 0 bridgehead atoms. The van der Waals surface area contributed by atoms with Gasteiger partial charge in [-0.15, -0.1) is 0 Å². The molecule has 3 fully saturated rings. The molecule has 4 rings (SSSR count). The number of aromatic carboxylic acids is 1. The fourth-order valence-corrected chi connectivity index (χ4v) is 4.77. The van der Waals surface area contributed by atoms with Gasteiger partial charge < -0.3 is 14.7 Å². The van der Waals surface area contributed by atoms with Crippen molar-refractivity contribution in [3.63, 3.8) is 0 Å². The van der Waals surface area contributed by atoms with E-state index in [1.54, 1.807) is 12.1 Å². The van der Waals surface area contributed by atoms with E-state index in [2.05, 4.69) is 9.80 Å². The SMILES string of the molecule is O=C(O)c1ccc(CN2C[C@@H]3OCC(=O)N(CC4CCCCC4)[C@@H]3C2)cc1. The molecule has 2 atom stereocenters. The molecule has 0 radical (unpaired) electrons. The van der Waals surface area contributed by atoms with Crippen molar-refractivity contribution in [1.82, 2.24) is 9.80 Å². The Bertz CT molecular complexity index is 684. The number of morpholine rings is 1. The smallest absolute Gasteiger partial charge is 0.335 e. The Balaban J connectivity index is 1.39. The van der Waals surface area contributed by atoms with Gasteiger partial charge in [-0.3, -0.25) is 9.69 Å². The lowest BCUT2D eigenvalue weighted by Crippen LogP contribution is -2.55. The number of likely N-dealkylation sites (tertiary alicyclic amines) is 1. The van der Waals surface area contributed by atoms with Crippen molar-refractivity contribution in [2.45, 2.75) is 50.8 Å². The molecule has 6 nitrogen and oxygen atoms in total. The number of fused-ring (bicyclic) bond motifs is 1. The van der Waals surface area contributed by atoms with E-state index in [1.807, 2.05) is 12.1 Å². The van der Waals surface area contributed by atoms with E-state index < -0.39 is 5.97 Å². The minimum absolute atomic E-state index is 0.0876. The van der Waals surface area contributed by atoms with Gasteiger partial charge in [-0.05, 0) is 36.5 Å². The molecule has 2 heterocycles. The summed E-state index contributed by atoms with van der Waals surface area (Å²) < 4.78 is 5.84. The second-order valence-electron chi connectivity index (χ2n) is 8.16. The van der Waals surface area contributed by atoms with Gasteiger partial charge in [-0.25, -0.2) is 4.79 Å². The molecule has 0 unspecified atom stereocenters. The molecule has 1 aliphatic carbocycles. The normalized spacial score (nSPS) is 27.0. The second kappa shape index (κ2) is 7.98. The van der Waals surface area contributed by atoms with E-state index >= 15 is 0 Å². The summed E-state index contributed by atoms with van der Waals surface area (Å²) in [4.78, 5) is 27.9. The molecule has 1 saturated carbocycles. The molecule has 27 heavy (non-hydrogen) atoms. The lowest BCUT2D eigenvalue weighted by molar-refractivity contribution is -0.154. The highest BCUT2D eigenvalue weighted by atomic mass is 16.5. The van der Waals surface area contributed by atoms with Gasteiger partial charge in [0.2, 0.25) is 5.91 Å². The summed E-state index contributed by atoms with van der Waals surface area (Å²) in [5, 5.41) is 9.02. The summed E-state index contributed by atoms with van der Waals surface area (Å²) in [6, 6.07) is 7.19. The van der Waals surface area contributed by atoms with Crippen LogP contribution in [0.3, 0.4) is 0 Å². The first-order chi connectivity index (χ1) is 13.1. The maximum atomic E-state index is 12.5. The summed E-state index contributed by atoms with van der Waals surface area (Å²) in [6.07, 6.45) is 6.47. The number of hydrogen-bond donors (Lipinski definition) is 1. The van der Waals surface area contributed by atoms with Gasteiger partial charge in [0.1, 0.15) is 6.61 Å². The Labute approximate surface area is 160 Å². The van der Waals surface area contributed by atoms with Gasteiger partial charge in [-0.1, -0.05) is 31.4 Å². The molecular formula is C21H28N2O4. The Morgan fingerprint density at radius 2 is 1.85 bits per heavy atom. The molecule has 3 aliphatic rings. The Kier molecular flexibility index (Phi) is 5.45. The molecule has 2 aliphatic heterocycles. The average Bonchev–Trinajstić information content (AvgIpc) is 3.08. The minimum Gasteiger partial charge on any atom is -0.478 e. The van der Waals surface area contributed by atoms with E-state index in [4.69, 9.17) is 9.84 Å². The van der Waals surface area contributed by atoms with Crippen LogP contribution in [-0.2, 0) is 16.1 Å². The Morgan fingerprint density at radius 3 is 2.56 bits per heavy atom. The number of hydrogen-bond acceptors (Lipinski definition) is 4. The summed E-state index contributed by atoms with van der Waals surface area (Å²) in [7, 11) is 0. The van der Waals surface area contributed by atoms with Gasteiger partial charge in [0.15, 0.2) is 0 Å². The number of carboxylic acids is 1. The fraction of sp³-hybridized carbons (Fsp3) is 0.619. The number of carbonyl (C=O) groups excluding carboxylic acids is 1. The number of carboxylic acid groups (broad SMARTS) is 1. The van der Waals surface area contributed by atoms with E-state index in [9.17, 15) is 9.59 Å². The maximum absolute atomic E-state index is 12.5. The monoisotopic (exact) mass is 372 g/mol. The van der Waals surface area contributed by atoms with Crippen molar-refractivity contribution >= 4 is 11.9 Å². The number of ether oxygens (including phenoxy) is 1. The van der Waals surface area contributed by atoms with Gasteiger partial charge in [0.05, 0.1) is 17.7 Å². The van der Waals surface area contributed by atoms with Crippen molar-refractivity contribution in [3.8, 4) is 0 Å². The number of amides is 1. The molecule has 2 saturated heterocycles. The summed E-state index contributed by atoms with van der Waals surface area (Å²) >= 11 is 0. The lowest BCUT2D eigenvalue weighted by atomic mass is 9.88. The Morgan fingerprint density at radius 1 is 1.11 bits per heavy atom. The number of nitrogens with zero attached hydrogens (tertiary/aromatic N) is 2. The molecule has 0 aromatic heterocycles. The van der Waals surface area contributed by atoms with Crippen LogP contribution < -0.4 is 0 Å². The topological polar surface area (TPSA) is 70.1 Å². The summed E-state index contributed by atoms with van der Waals surface area (Å²) in [5.41, 5.74) is 1.39. The first kappa shape index (κ1) is 18.4. The number of benzene rings is 1. The predicted octanol–water partition coefficient (Wildman–Crippen LogP) is 2.38. The molecule has 1 N–H and O–H groups in total. The summed E-state index contributed by atoms with van der Waals surface area (Å²) in [6.45, 7) is 3.48. The zero-order valence-electron chi connectivity index (χ0n) is 15.7. The number of carbonyl (C=O) groups is 2. The van der Waals surface area contributed by atoms with Gasteiger partial charge in [0.25, 0.3) is 0 Å². The quantitative estimate of drug-likeness (QED) is 0.859. The Hall–Kier alpha value is -1.92. The van der Waals surface area contributed by atoms with Gasteiger partial charge >= 0.3 is 5.97 Å². The van der Waals surface area contributed by atoms with E-state index in [0.29, 0.717) is 11.5 Å². The second-order valence-corrected chi connectivity index (χ2v) is 8.16. The molecule has 1 aromatic carbocycles. The molecule has 0 spiro atoms. The maximum Gasteiger partial charge on any atom is 0.335 e. The highest BCUT2D eigenvalue weighted by molar-refractivity contribution is 5.87. The third kappa shape index (κ3) is 4.17. The van der Waals surface area contributed by atoms with E-state index in [0.717, 1.165) is 31.7 Å². The van der Waals surface area contributed by atoms with Crippen molar-refractivity contribution in [2.24, 2.45) is 5.92 Å². The van der Waals surface area contributed by atoms with Crippen molar-refractivity contribution in [1.29, 1.82) is 0 Å². The van der Waals surface area contributed by atoms with Crippen molar-refractivity contribution in [3.05, 3.63) is 35.4 Å². The first-order valence-corrected chi connectivity index (χ1v) is 10.1. The first-order valence-electron chi connectivity index (χ1n) is 10.1. The van der Waals surface area contributed by atoms with Crippen LogP contribution in [-0.4, -0.2) is 65.2 Å². The van der Waals surface area contributed by atoms with Crippen LogP contribution in [0.5, 0.6) is 0 Å². The van der Waals surface area contributed by atoms with E-state index in [-0.39, 0.29) is 24.7 Å². The highest BCUT2D eigenvalue weighted by Crippen LogP contribution is 2.30. The predicted molar refractivity (Wildman–Crippen MR) is 100 cm³/mol. The molecule has 1 aromatic rings. The average molecular weight is 372 g/mol. The molecule has 146 valence electrons. The molecule has 6 heteroatoms. The van der Waals surface area contributed by atoms with Crippen LogP contribution in [0.1, 0.15) is 48.0 Å².